The predicted molar refractivity (Wildman–Crippen MR) is 89.6 cm³/mol. The van der Waals surface area contributed by atoms with Crippen molar-refractivity contribution in [3.05, 3.63) is 51.0 Å². The van der Waals surface area contributed by atoms with Crippen molar-refractivity contribution < 1.29 is 23.5 Å². The summed E-state index contributed by atoms with van der Waals surface area (Å²) >= 11 is 1.26. The van der Waals surface area contributed by atoms with Gasteiger partial charge in [0.05, 0.1) is 17.1 Å². The number of carbonyl (C=O) groups is 2. The molecule has 0 atom stereocenters. The van der Waals surface area contributed by atoms with E-state index in [2.05, 4.69) is 4.98 Å². The molecule has 1 heterocycles. The van der Waals surface area contributed by atoms with Crippen LogP contribution in [0, 0.1) is 18.6 Å². The third-order valence-electron chi connectivity index (χ3n) is 3.58. The van der Waals surface area contributed by atoms with Gasteiger partial charge in [0.2, 0.25) is 0 Å². The second-order valence-corrected chi connectivity index (χ2v) is 6.58. The van der Waals surface area contributed by atoms with E-state index >= 15 is 0 Å². The van der Waals surface area contributed by atoms with Crippen LogP contribution in [0.4, 0.5) is 8.78 Å². The largest absolute Gasteiger partial charge is 0.481 e. The molecule has 8 heteroatoms. The van der Waals surface area contributed by atoms with Crippen molar-refractivity contribution in [1.29, 1.82) is 0 Å². The van der Waals surface area contributed by atoms with Crippen LogP contribution >= 0.6 is 11.3 Å². The van der Waals surface area contributed by atoms with Gasteiger partial charge in [0.1, 0.15) is 4.88 Å². The van der Waals surface area contributed by atoms with Gasteiger partial charge in [0.25, 0.3) is 5.91 Å². The first-order valence-electron chi connectivity index (χ1n) is 7.73. The number of carbonyl (C=O) groups excluding carboxylic acids is 1. The van der Waals surface area contributed by atoms with Crippen LogP contribution in [0.25, 0.3) is 0 Å². The third-order valence-corrected chi connectivity index (χ3v) is 4.87. The number of halogens is 2. The van der Waals surface area contributed by atoms with Gasteiger partial charge in [-0.2, -0.15) is 0 Å². The predicted octanol–water partition coefficient (Wildman–Crippen LogP) is 3.41. The normalized spacial score (nSPS) is 10.7. The maximum atomic E-state index is 13.4. The number of carboxylic acid groups (broad SMARTS) is 1. The van der Waals surface area contributed by atoms with E-state index < -0.39 is 17.6 Å². The Labute approximate surface area is 147 Å². The molecular formula is C17H18F2N2O3S. The monoisotopic (exact) mass is 368 g/mol. The molecule has 134 valence electrons. The zero-order valence-corrected chi connectivity index (χ0v) is 14.7. The maximum absolute atomic E-state index is 13.4. The molecule has 1 amide bonds. The number of nitrogens with zero attached hydrogens (tertiary/aromatic N) is 2. The van der Waals surface area contributed by atoms with Crippen LogP contribution in [0.1, 0.15) is 39.3 Å². The van der Waals surface area contributed by atoms with Crippen molar-refractivity contribution in [3.8, 4) is 0 Å². The number of thiazole rings is 1. The molecule has 0 fully saturated rings. The van der Waals surface area contributed by atoms with Crippen LogP contribution in [0.5, 0.6) is 0 Å². The topological polar surface area (TPSA) is 70.5 Å². The van der Waals surface area contributed by atoms with Gasteiger partial charge in [-0.05, 0) is 31.0 Å². The summed E-state index contributed by atoms with van der Waals surface area (Å²) in [6, 6.07) is 3.36. The molecule has 1 aromatic carbocycles. The molecule has 5 nitrogen and oxygen atoms in total. The lowest BCUT2D eigenvalue weighted by atomic mass is 10.2. The van der Waals surface area contributed by atoms with Crippen molar-refractivity contribution in [1.82, 2.24) is 9.88 Å². The van der Waals surface area contributed by atoms with E-state index in [9.17, 15) is 18.4 Å². The fraction of sp³-hybridized carbons (Fsp3) is 0.353. The summed E-state index contributed by atoms with van der Waals surface area (Å²) < 4.78 is 26.5. The summed E-state index contributed by atoms with van der Waals surface area (Å²) in [5.74, 6) is -3.39. The van der Waals surface area contributed by atoms with Crippen molar-refractivity contribution >= 4 is 23.2 Å². The van der Waals surface area contributed by atoms with Crippen molar-refractivity contribution in [3.63, 3.8) is 0 Å². The van der Waals surface area contributed by atoms with Crippen molar-refractivity contribution in [2.75, 3.05) is 6.54 Å². The molecule has 2 aromatic rings. The minimum Gasteiger partial charge on any atom is -0.481 e. The van der Waals surface area contributed by atoms with Crippen LogP contribution in [-0.4, -0.2) is 33.4 Å². The fourth-order valence-electron chi connectivity index (χ4n) is 2.29. The number of aromatic nitrogens is 1. The molecule has 2 rings (SSSR count). The maximum Gasteiger partial charge on any atom is 0.305 e. The van der Waals surface area contributed by atoms with E-state index in [4.69, 9.17) is 5.11 Å². The summed E-state index contributed by atoms with van der Waals surface area (Å²) in [5, 5.41) is 9.71. The van der Waals surface area contributed by atoms with E-state index in [1.165, 1.54) is 22.3 Å². The average molecular weight is 368 g/mol. The highest BCUT2D eigenvalue weighted by Crippen LogP contribution is 2.22. The lowest BCUT2D eigenvalue weighted by Gasteiger charge is -2.22. The Morgan fingerprint density at radius 2 is 2.00 bits per heavy atom. The third kappa shape index (κ3) is 4.82. The first kappa shape index (κ1) is 19.0. The number of benzene rings is 1. The lowest BCUT2D eigenvalue weighted by molar-refractivity contribution is -0.137. The standard InChI is InChI=1S/C17H18F2N2O3S/c1-3-14-20-10(2)16(25-14)17(24)21(7-6-15(22)23)9-11-4-5-12(18)13(19)8-11/h4-5,8H,3,6-7,9H2,1-2H3,(H,22,23). The second kappa shape index (κ2) is 8.15. The van der Waals surface area contributed by atoms with Crippen LogP contribution in [0.15, 0.2) is 18.2 Å². The highest BCUT2D eigenvalue weighted by atomic mass is 32.1. The van der Waals surface area contributed by atoms with E-state index in [1.807, 2.05) is 6.92 Å². The van der Waals surface area contributed by atoms with E-state index in [0.29, 0.717) is 22.6 Å². The molecule has 0 radical (unpaired) electrons. The zero-order valence-electron chi connectivity index (χ0n) is 13.9. The highest BCUT2D eigenvalue weighted by molar-refractivity contribution is 7.13. The smallest absolute Gasteiger partial charge is 0.305 e. The number of amides is 1. The van der Waals surface area contributed by atoms with Gasteiger partial charge in [-0.3, -0.25) is 9.59 Å². The molecule has 1 N–H and O–H groups in total. The number of aryl methyl sites for hydroxylation is 2. The second-order valence-electron chi connectivity index (χ2n) is 5.49. The molecule has 0 saturated heterocycles. The number of aliphatic carboxylic acids is 1. The molecule has 0 spiro atoms. The number of hydrogen-bond acceptors (Lipinski definition) is 4. The van der Waals surface area contributed by atoms with Gasteiger partial charge in [0.15, 0.2) is 11.6 Å². The van der Waals surface area contributed by atoms with Crippen LogP contribution in [0.2, 0.25) is 0 Å². The van der Waals surface area contributed by atoms with Crippen LogP contribution < -0.4 is 0 Å². The Kier molecular flexibility index (Phi) is 6.19. The molecule has 0 aliphatic heterocycles. The minimum absolute atomic E-state index is 0.0118. The van der Waals surface area contributed by atoms with E-state index in [1.54, 1.807) is 6.92 Å². The van der Waals surface area contributed by atoms with Gasteiger partial charge >= 0.3 is 5.97 Å². The Balaban J connectivity index is 2.27. The number of carboxylic acids is 1. The number of hydrogen-bond donors (Lipinski definition) is 1. The van der Waals surface area contributed by atoms with E-state index in [0.717, 1.165) is 17.1 Å². The summed E-state index contributed by atoms with van der Waals surface area (Å²) in [6.45, 7) is 3.60. The summed E-state index contributed by atoms with van der Waals surface area (Å²) in [5.41, 5.74) is 0.966. The highest BCUT2D eigenvalue weighted by Gasteiger charge is 2.22. The van der Waals surface area contributed by atoms with Gasteiger partial charge in [-0.25, -0.2) is 13.8 Å². The molecule has 25 heavy (non-hydrogen) atoms. The van der Waals surface area contributed by atoms with Gasteiger partial charge < -0.3 is 10.0 Å². The van der Waals surface area contributed by atoms with Crippen LogP contribution in [0.3, 0.4) is 0 Å². The van der Waals surface area contributed by atoms with Gasteiger partial charge in [-0.15, -0.1) is 11.3 Å². The molecule has 0 aliphatic carbocycles. The van der Waals surface area contributed by atoms with Gasteiger partial charge in [0, 0.05) is 13.1 Å². The molecule has 0 saturated carbocycles. The van der Waals surface area contributed by atoms with Crippen molar-refractivity contribution in [2.24, 2.45) is 0 Å². The van der Waals surface area contributed by atoms with Crippen molar-refractivity contribution in [2.45, 2.75) is 33.2 Å². The Bertz CT molecular complexity index is 792. The lowest BCUT2D eigenvalue weighted by Crippen LogP contribution is -2.32. The quantitative estimate of drug-likeness (QED) is 0.813. The van der Waals surface area contributed by atoms with E-state index in [-0.39, 0.29) is 25.4 Å². The summed E-state index contributed by atoms with van der Waals surface area (Å²) in [6.07, 6.45) is 0.449. The van der Waals surface area contributed by atoms with Crippen LogP contribution in [-0.2, 0) is 17.8 Å². The zero-order chi connectivity index (χ0) is 18.6. The summed E-state index contributed by atoms with van der Waals surface area (Å²) in [7, 11) is 0. The Hall–Kier alpha value is -2.35. The Morgan fingerprint density at radius 3 is 2.56 bits per heavy atom. The first-order valence-corrected chi connectivity index (χ1v) is 8.54. The van der Waals surface area contributed by atoms with Gasteiger partial charge in [-0.1, -0.05) is 13.0 Å². The molecule has 0 bridgehead atoms. The molecular weight excluding hydrogens is 350 g/mol. The average Bonchev–Trinajstić information content (AvgIpc) is 2.95. The molecule has 0 unspecified atom stereocenters. The first-order chi connectivity index (χ1) is 11.8. The SMILES string of the molecule is CCc1nc(C)c(C(=O)N(CCC(=O)O)Cc2ccc(F)c(F)c2)s1. The Morgan fingerprint density at radius 1 is 1.28 bits per heavy atom. The molecule has 0 aliphatic rings. The summed E-state index contributed by atoms with van der Waals surface area (Å²) in [4.78, 5) is 29.7. The molecule has 1 aromatic heterocycles. The minimum atomic E-state index is -1.04. The number of rotatable bonds is 7. The fourth-order valence-corrected chi connectivity index (χ4v) is 3.26.